The number of benzene rings is 1. The molecule has 1 aromatic carbocycles. The molecule has 1 fully saturated rings. The lowest BCUT2D eigenvalue weighted by Gasteiger charge is -2.36. The maximum absolute atomic E-state index is 13.1. The van der Waals surface area contributed by atoms with E-state index in [1.165, 1.54) is 0 Å². The molecule has 0 bridgehead atoms. The van der Waals surface area contributed by atoms with Gasteiger partial charge >= 0.3 is 0 Å². The Labute approximate surface area is 152 Å². The second-order valence-electron chi connectivity index (χ2n) is 6.44. The summed E-state index contributed by atoms with van der Waals surface area (Å²) < 4.78 is 2.01. The molecule has 0 saturated carbocycles. The number of nitrogens with zero attached hydrogens (tertiary/aromatic N) is 4. The van der Waals surface area contributed by atoms with E-state index in [1.54, 1.807) is 18.7 Å². The number of carbonyl (C=O) groups excluding carboxylic acids is 1. The molecule has 1 aliphatic rings. The van der Waals surface area contributed by atoms with Crippen molar-refractivity contribution >= 4 is 5.91 Å². The Bertz CT molecular complexity index is 846. The van der Waals surface area contributed by atoms with Crippen molar-refractivity contribution in [3.8, 4) is 0 Å². The summed E-state index contributed by atoms with van der Waals surface area (Å²) in [5.41, 5.74) is 2.92. The van der Waals surface area contributed by atoms with Gasteiger partial charge in [-0.2, -0.15) is 0 Å². The van der Waals surface area contributed by atoms with Crippen LogP contribution in [0.15, 0.2) is 67.5 Å². The number of imidazole rings is 1. The number of hydrogen-bond acceptors (Lipinski definition) is 4. The number of hydrogen-bond donors (Lipinski definition) is 1. The minimum Gasteiger partial charge on any atom is -0.333 e. The van der Waals surface area contributed by atoms with E-state index >= 15 is 0 Å². The highest BCUT2D eigenvalue weighted by molar-refractivity contribution is 5.94. The van der Waals surface area contributed by atoms with Crippen LogP contribution in [-0.4, -0.2) is 45.0 Å². The SMILES string of the molecule is O=C(c1ccc(Cn2ccnc2)cc1)N1CCNCC1c1cccnc1. The van der Waals surface area contributed by atoms with Crippen LogP contribution in [0.3, 0.4) is 0 Å². The van der Waals surface area contributed by atoms with Gasteiger partial charge in [0, 0.05) is 56.5 Å². The van der Waals surface area contributed by atoms with Crippen LogP contribution >= 0.6 is 0 Å². The van der Waals surface area contributed by atoms with Crippen molar-refractivity contribution in [2.75, 3.05) is 19.6 Å². The Hall–Kier alpha value is -2.99. The fraction of sp³-hybridized carbons (Fsp3) is 0.250. The monoisotopic (exact) mass is 347 g/mol. The van der Waals surface area contributed by atoms with Gasteiger partial charge in [0.25, 0.3) is 5.91 Å². The number of nitrogens with one attached hydrogen (secondary N) is 1. The number of piperazine rings is 1. The average molecular weight is 347 g/mol. The summed E-state index contributed by atoms with van der Waals surface area (Å²) >= 11 is 0. The van der Waals surface area contributed by atoms with E-state index < -0.39 is 0 Å². The summed E-state index contributed by atoms with van der Waals surface area (Å²) in [6.45, 7) is 2.99. The molecule has 1 amide bonds. The van der Waals surface area contributed by atoms with Gasteiger partial charge in [-0.05, 0) is 29.3 Å². The first-order valence-electron chi connectivity index (χ1n) is 8.77. The van der Waals surface area contributed by atoms with Gasteiger partial charge in [0.1, 0.15) is 0 Å². The Balaban J connectivity index is 1.52. The van der Waals surface area contributed by atoms with Gasteiger partial charge in [0.05, 0.1) is 12.4 Å². The fourth-order valence-electron chi connectivity index (χ4n) is 3.33. The van der Waals surface area contributed by atoms with E-state index in [9.17, 15) is 4.79 Å². The van der Waals surface area contributed by atoms with Crippen LogP contribution in [0.1, 0.15) is 27.5 Å². The molecule has 4 rings (SSSR count). The van der Waals surface area contributed by atoms with Crippen molar-refractivity contribution in [2.45, 2.75) is 12.6 Å². The minimum atomic E-state index is 0.00979. The van der Waals surface area contributed by atoms with E-state index in [0.717, 1.165) is 36.3 Å². The van der Waals surface area contributed by atoms with Crippen LogP contribution < -0.4 is 5.32 Å². The van der Waals surface area contributed by atoms with Crippen LogP contribution in [0.5, 0.6) is 0 Å². The smallest absolute Gasteiger partial charge is 0.254 e. The number of carbonyl (C=O) groups is 1. The molecule has 1 N–H and O–H groups in total. The van der Waals surface area contributed by atoms with E-state index in [4.69, 9.17) is 0 Å². The Morgan fingerprint density at radius 2 is 2.04 bits per heavy atom. The molecule has 3 aromatic rings. The van der Waals surface area contributed by atoms with E-state index in [1.807, 2.05) is 58.3 Å². The van der Waals surface area contributed by atoms with Crippen molar-refractivity contribution in [2.24, 2.45) is 0 Å². The molecule has 2 aromatic heterocycles. The van der Waals surface area contributed by atoms with E-state index in [2.05, 4.69) is 15.3 Å². The van der Waals surface area contributed by atoms with Gasteiger partial charge in [-0.25, -0.2) is 4.98 Å². The summed E-state index contributed by atoms with van der Waals surface area (Å²) in [6, 6.07) is 11.8. The summed E-state index contributed by atoms with van der Waals surface area (Å²) in [5, 5.41) is 3.37. The Morgan fingerprint density at radius 3 is 2.77 bits per heavy atom. The summed E-state index contributed by atoms with van der Waals surface area (Å²) in [4.78, 5) is 23.3. The predicted molar refractivity (Wildman–Crippen MR) is 98.7 cm³/mol. The predicted octanol–water partition coefficient (Wildman–Crippen LogP) is 2.11. The zero-order chi connectivity index (χ0) is 17.8. The van der Waals surface area contributed by atoms with Crippen LogP contribution in [0, 0.1) is 0 Å². The summed E-state index contributed by atoms with van der Waals surface area (Å²) in [5.74, 6) is 0.0644. The third-order valence-electron chi connectivity index (χ3n) is 4.70. The van der Waals surface area contributed by atoms with Crippen LogP contribution in [0.4, 0.5) is 0 Å². The molecule has 1 atom stereocenters. The molecule has 26 heavy (non-hydrogen) atoms. The first-order chi connectivity index (χ1) is 12.8. The normalized spacial score (nSPS) is 17.2. The van der Waals surface area contributed by atoms with Gasteiger partial charge < -0.3 is 14.8 Å². The van der Waals surface area contributed by atoms with Gasteiger partial charge in [-0.3, -0.25) is 9.78 Å². The molecule has 1 aliphatic heterocycles. The minimum absolute atomic E-state index is 0.00979. The standard InChI is InChI=1S/C20H21N5O/c26-20(17-5-3-16(4-6-17)14-24-10-8-23-15-24)25-11-9-22-13-19(25)18-2-1-7-21-12-18/h1-8,10,12,15,19,22H,9,11,13-14H2. The number of amides is 1. The van der Waals surface area contributed by atoms with Gasteiger partial charge in [0.15, 0.2) is 0 Å². The van der Waals surface area contributed by atoms with E-state index in [-0.39, 0.29) is 11.9 Å². The van der Waals surface area contributed by atoms with Crippen LogP contribution in [0.2, 0.25) is 0 Å². The van der Waals surface area contributed by atoms with Crippen molar-refractivity contribution in [3.05, 3.63) is 84.2 Å². The highest BCUT2D eigenvalue weighted by Crippen LogP contribution is 2.23. The van der Waals surface area contributed by atoms with Crippen molar-refractivity contribution in [1.82, 2.24) is 24.8 Å². The molecular weight excluding hydrogens is 326 g/mol. The lowest BCUT2D eigenvalue weighted by Crippen LogP contribution is -2.48. The van der Waals surface area contributed by atoms with Crippen molar-refractivity contribution < 1.29 is 4.79 Å². The molecule has 6 nitrogen and oxygen atoms in total. The summed E-state index contributed by atoms with van der Waals surface area (Å²) in [6.07, 6.45) is 9.08. The molecule has 6 heteroatoms. The molecular formula is C20H21N5O. The quantitative estimate of drug-likeness (QED) is 0.785. The van der Waals surface area contributed by atoms with Gasteiger partial charge in [-0.1, -0.05) is 18.2 Å². The molecule has 1 saturated heterocycles. The highest BCUT2D eigenvalue weighted by Gasteiger charge is 2.28. The molecule has 3 heterocycles. The first-order valence-corrected chi connectivity index (χ1v) is 8.77. The van der Waals surface area contributed by atoms with Crippen LogP contribution in [-0.2, 0) is 6.54 Å². The molecule has 0 aliphatic carbocycles. The van der Waals surface area contributed by atoms with Gasteiger partial charge in [0.2, 0.25) is 0 Å². The second kappa shape index (κ2) is 7.49. The zero-order valence-electron chi connectivity index (χ0n) is 14.5. The van der Waals surface area contributed by atoms with Crippen LogP contribution in [0.25, 0.3) is 0 Å². The van der Waals surface area contributed by atoms with Crippen molar-refractivity contribution in [3.63, 3.8) is 0 Å². The number of pyridine rings is 1. The largest absolute Gasteiger partial charge is 0.333 e. The number of aromatic nitrogens is 3. The molecule has 132 valence electrons. The maximum atomic E-state index is 13.1. The fourth-order valence-corrected chi connectivity index (χ4v) is 3.33. The third kappa shape index (κ3) is 3.50. The van der Waals surface area contributed by atoms with Gasteiger partial charge in [-0.15, -0.1) is 0 Å². The number of rotatable bonds is 4. The third-order valence-corrected chi connectivity index (χ3v) is 4.70. The highest BCUT2D eigenvalue weighted by atomic mass is 16.2. The molecule has 1 unspecified atom stereocenters. The molecule has 0 radical (unpaired) electrons. The second-order valence-corrected chi connectivity index (χ2v) is 6.44. The lowest BCUT2D eigenvalue weighted by atomic mass is 10.0. The van der Waals surface area contributed by atoms with E-state index in [0.29, 0.717) is 6.54 Å². The lowest BCUT2D eigenvalue weighted by molar-refractivity contribution is 0.0634. The molecule has 0 spiro atoms. The first kappa shape index (κ1) is 16.5. The van der Waals surface area contributed by atoms with Crippen molar-refractivity contribution in [1.29, 1.82) is 0 Å². The summed E-state index contributed by atoms with van der Waals surface area (Å²) in [7, 11) is 0. The average Bonchev–Trinajstić information content (AvgIpc) is 3.22. The Kier molecular flexibility index (Phi) is 4.75. The maximum Gasteiger partial charge on any atom is 0.254 e. The topological polar surface area (TPSA) is 63.1 Å². The zero-order valence-corrected chi connectivity index (χ0v) is 14.5. The Morgan fingerprint density at radius 1 is 1.15 bits per heavy atom.